The Hall–Kier alpha value is -2.14. The van der Waals surface area contributed by atoms with Crippen LogP contribution in [0, 0.1) is 0 Å². The zero-order valence-electron chi connectivity index (χ0n) is 14.8. The van der Waals surface area contributed by atoms with Crippen molar-refractivity contribution >= 4 is 17.5 Å². The molecule has 134 valence electrons. The zero-order valence-corrected chi connectivity index (χ0v) is 14.8. The lowest BCUT2D eigenvalue weighted by Crippen LogP contribution is -2.39. The van der Waals surface area contributed by atoms with Crippen LogP contribution < -0.4 is 15.0 Å². The minimum absolute atomic E-state index is 0.149. The van der Waals surface area contributed by atoms with Gasteiger partial charge in [-0.25, -0.2) is 4.90 Å². The summed E-state index contributed by atoms with van der Waals surface area (Å²) in [6, 6.07) is 6.68. The van der Waals surface area contributed by atoms with Crippen molar-refractivity contribution in [3.63, 3.8) is 0 Å². The van der Waals surface area contributed by atoms with Gasteiger partial charge in [-0.15, -0.1) is 0 Å². The molecule has 1 aliphatic carbocycles. The molecule has 1 aliphatic heterocycles. The summed E-state index contributed by atoms with van der Waals surface area (Å²) in [5.41, 5.74) is 2.08. The van der Waals surface area contributed by atoms with E-state index in [9.17, 15) is 9.59 Å². The van der Waals surface area contributed by atoms with Crippen LogP contribution in [0.25, 0.3) is 0 Å². The van der Waals surface area contributed by atoms with Crippen LogP contribution in [0.4, 0.5) is 5.69 Å². The minimum atomic E-state index is -0.414. The van der Waals surface area contributed by atoms with Crippen molar-refractivity contribution < 1.29 is 14.3 Å². The lowest BCUT2D eigenvalue weighted by molar-refractivity contribution is -0.121. The Morgan fingerprint density at radius 2 is 2.00 bits per heavy atom. The maximum Gasteiger partial charge on any atom is 0.251 e. The van der Waals surface area contributed by atoms with E-state index < -0.39 is 6.04 Å². The molecule has 0 unspecified atom stereocenters. The van der Waals surface area contributed by atoms with Crippen LogP contribution >= 0.6 is 0 Å². The van der Waals surface area contributed by atoms with Crippen LogP contribution in [-0.2, 0) is 9.59 Å². The Kier molecular flexibility index (Phi) is 5.87. The molecule has 2 amide bonds. The predicted octanol–water partition coefficient (Wildman–Crippen LogP) is 3.20. The SMILES string of the molecule is CCOc1ccc(N2C(=O)C[C@H](NCCC3=CCCCC3)C2=O)cc1. The Balaban J connectivity index is 1.57. The first kappa shape index (κ1) is 17.7. The van der Waals surface area contributed by atoms with Crippen molar-refractivity contribution in [3.8, 4) is 5.75 Å². The van der Waals surface area contributed by atoms with Crippen LogP contribution in [0.15, 0.2) is 35.9 Å². The van der Waals surface area contributed by atoms with Gasteiger partial charge in [-0.3, -0.25) is 9.59 Å². The van der Waals surface area contributed by atoms with E-state index in [1.807, 2.05) is 6.92 Å². The highest BCUT2D eigenvalue weighted by atomic mass is 16.5. The number of ether oxygens (including phenoxy) is 1. The fourth-order valence-corrected chi connectivity index (χ4v) is 3.46. The number of carbonyl (C=O) groups excluding carboxylic acids is 2. The molecule has 1 aromatic rings. The summed E-state index contributed by atoms with van der Waals surface area (Å²) in [6.07, 6.45) is 8.38. The number of anilines is 1. The topological polar surface area (TPSA) is 58.6 Å². The van der Waals surface area contributed by atoms with Gasteiger partial charge in [-0.2, -0.15) is 0 Å². The summed E-state index contributed by atoms with van der Waals surface area (Å²) < 4.78 is 5.40. The average molecular weight is 342 g/mol. The molecule has 5 nitrogen and oxygen atoms in total. The van der Waals surface area contributed by atoms with E-state index >= 15 is 0 Å². The fraction of sp³-hybridized carbons (Fsp3) is 0.500. The molecule has 0 radical (unpaired) electrons. The monoisotopic (exact) mass is 342 g/mol. The second-order valence-corrected chi connectivity index (χ2v) is 6.56. The molecule has 2 aliphatic rings. The van der Waals surface area contributed by atoms with Crippen LogP contribution in [0.3, 0.4) is 0 Å². The Bertz CT molecular complexity index is 651. The smallest absolute Gasteiger partial charge is 0.251 e. The third-order valence-corrected chi connectivity index (χ3v) is 4.77. The molecule has 1 fully saturated rings. The molecule has 0 saturated carbocycles. The number of hydrogen-bond acceptors (Lipinski definition) is 4. The van der Waals surface area contributed by atoms with Gasteiger partial charge in [-0.05, 0) is 69.8 Å². The molecule has 25 heavy (non-hydrogen) atoms. The number of nitrogens with zero attached hydrogens (tertiary/aromatic N) is 1. The zero-order chi connectivity index (χ0) is 17.6. The van der Waals surface area contributed by atoms with Gasteiger partial charge >= 0.3 is 0 Å². The second kappa shape index (κ2) is 8.30. The van der Waals surface area contributed by atoms with Crippen molar-refractivity contribution in [2.45, 2.75) is 51.5 Å². The Morgan fingerprint density at radius 3 is 2.68 bits per heavy atom. The lowest BCUT2D eigenvalue weighted by Gasteiger charge is -2.17. The first-order valence-electron chi connectivity index (χ1n) is 9.20. The largest absolute Gasteiger partial charge is 0.494 e. The van der Waals surface area contributed by atoms with Crippen molar-refractivity contribution in [2.24, 2.45) is 0 Å². The molecule has 1 atom stereocenters. The number of imide groups is 1. The number of carbonyl (C=O) groups is 2. The average Bonchev–Trinajstić information content (AvgIpc) is 2.91. The van der Waals surface area contributed by atoms with Gasteiger partial charge < -0.3 is 10.1 Å². The molecule has 0 bridgehead atoms. The summed E-state index contributed by atoms with van der Waals surface area (Å²) in [6.45, 7) is 3.25. The predicted molar refractivity (Wildman–Crippen MR) is 97.7 cm³/mol. The molecule has 0 spiro atoms. The van der Waals surface area contributed by atoms with E-state index in [4.69, 9.17) is 4.74 Å². The first-order chi connectivity index (χ1) is 12.2. The maximum absolute atomic E-state index is 12.6. The van der Waals surface area contributed by atoms with E-state index in [0.29, 0.717) is 12.3 Å². The van der Waals surface area contributed by atoms with Crippen molar-refractivity contribution in [3.05, 3.63) is 35.9 Å². The highest BCUT2D eigenvalue weighted by Crippen LogP contribution is 2.25. The van der Waals surface area contributed by atoms with Gasteiger partial charge in [0, 0.05) is 0 Å². The van der Waals surface area contributed by atoms with E-state index in [1.165, 1.54) is 29.7 Å². The summed E-state index contributed by atoms with van der Waals surface area (Å²) >= 11 is 0. The molecular weight excluding hydrogens is 316 g/mol. The standard InChI is InChI=1S/C20H26N2O3/c1-2-25-17-10-8-16(9-11-17)22-19(23)14-18(20(22)24)21-13-12-15-6-4-3-5-7-15/h6,8-11,18,21H,2-5,7,12-14H2,1H3/t18-/m0/s1. The van der Waals surface area contributed by atoms with Crippen LogP contribution in [-0.4, -0.2) is 31.0 Å². The van der Waals surface area contributed by atoms with Gasteiger partial charge in [0.1, 0.15) is 5.75 Å². The Labute approximate surface area is 149 Å². The molecule has 3 rings (SSSR count). The third kappa shape index (κ3) is 4.28. The van der Waals surface area contributed by atoms with Gasteiger partial charge in [0.25, 0.3) is 5.91 Å². The highest BCUT2D eigenvalue weighted by Gasteiger charge is 2.39. The fourth-order valence-electron chi connectivity index (χ4n) is 3.46. The number of nitrogens with one attached hydrogen (secondary N) is 1. The molecule has 1 N–H and O–H groups in total. The number of rotatable bonds is 7. The quantitative estimate of drug-likeness (QED) is 0.611. The Morgan fingerprint density at radius 1 is 1.20 bits per heavy atom. The molecule has 5 heteroatoms. The number of allylic oxidation sites excluding steroid dienone is 1. The van der Waals surface area contributed by atoms with Gasteiger partial charge in [0.05, 0.1) is 24.8 Å². The first-order valence-corrected chi connectivity index (χ1v) is 9.20. The van der Waals surface area contributed by atoms with Crippen LogP contribution in [0.5, 0.6) is 5.75 Å². The van der Waals surface area contributed by atoms with Gasteiger partial charge in [0.2, 0.25) is 5.91 Å². The van der Waals surface area contributed by atoms with Crippen molar-refractivity contribution in [2.75, 3.05) is 18.1 Å². The maximum atomic E-state index is 12.6. The number of benzene rings is 1. The third-order valence-electron chi connectivity index (χ3n) is 4.77. The summed E-state index contributed by atoms with van der Waals surface area (Å²) in [5.74, 6) is 0.427. The summed E-state index contributed by atoms with van der Waals surface area (Å²) in [7, 11) is 0. The molecule has 1 heterocycles. The van der Waals surface area contributed by atoms with Gasteiger partial charge in [0.15, 0.2) is 0 Å². The van der Waals surface area contributed by atoms with Crippen LogP contribution in [0.1, 0.15) is 45.4 Å². The lowest BCUT2D eigenvalue weighted by atomic mass is 9.97. The molecule has 0 aromatic heterocycles. The van der Waals surface area contributed by atoms with E-state index in [1.54, 1.807) is 24.3 Å². The van der Waals surface area contributed by atoms with E-state index in [2.05, 4.69) is 11.4 Å². The van der Waals surface area contributed by atoms with Crippen LogP contribution in [0.2, 0.25) is 0 Å². The molecular formula is C20H26N2O3. The minimum Gasteiger partial charge on any atom is -0.494 e. The van der Waals surface area contributed by atoms with Gasteiger partial charge in [-0.1, -0.05) is 11.6 Å². The molecule has 1 saturated heterocycles. The number of amides is 2. The summed E-state index contributed by atoms with van der Waals surface area (Å²) in [5, 5.41) is 3.26. The van der Waals surface area contributed by atoms with Crippen molar-refractivity contribution in [1.82, 2.24) is 5.32 Å². The number of hydrogen-bond donors (Lipinski definition) is 1. The second-order valence-electron chi connectivity index (χ2n) is 6.56. The summed E-state index contributed by atoms with van der Waals surface area (Å²) in [4.78, 5) is 26.2. The van der Waals surface area contributed by atoms with Crippen molar-refractivity contribution in [1.29, 1.82) is 0 Å². The highest BCUT2D eigenvalue weighted by molar-refractivity contribution is 6.22. The normalized spacial score (nSPS) is 20.8. The van der Waals surface area contributed by atoms with E-state index in [0.717, 1.165) is 25.1 Å². The molecule has 1 aromatic carbocycles. The van der Waals surface area contributed by atoms with E-state index in [-0.39, 0.29) is 18.2 Å².